The predicted molar refractivity (Wildman–Crippen MR) is 76.0 cm³/mol. The smallest absolute Gasteiger partial charge is 0.317 e. The Morgan fingerprint density at radius 2 is 1.89 bits per heavy atom. The van der Waals surface area contributed by atoms with Crippen LogP contribution in [0, 0.1) is 11.8 Å². The highest BCUT2D eigenvalue weighted by atomic mass is 16.3. The van der Waals surface area contributed by atoms with Gasteiger partial charge in [-0.15, -0.1) is 0 Å². The molecule has 0 unspecified atom stereocenters. The summed E-state index contributed by atoms with van der Waals surface area (Å²) in [6.07, 6.45) is 7.89. The highest BCUT2D eigenvalue weighted by Gasteiger charge is 2.24. The average Bonchev–Trinajstić information content (AvgIpc) is 2.64. The predicted octanol–water partition coefficient (Wildman–Crippen LogP) is 2.37. The van der Waals surface area contributed by atoms with Crippen LogP contribution in [0.2, 0.25) is 0 Å². The van der Waals surface area contributed by atoms with E-state index in [0.717, 1.165) is 44.7 Å². The van der Waals surface area contributed by atoms with Crippen molar-refractivity contribution in [1.82, 2.24) is 10.2 Å². The van der Waals surface area contributed by atoms with Crippen LogP contribution in [-0.4, -0.2) is 41.8 Å². The number of hydrogen-bond acceptors (Lipinski definition) is 2. The Labute approximate surface area is 116 Å². The molecule has 2 amide bonds. The minimum Gasteiger partial charge on any atom is -0.396 e. The van der Waals surface area contributed by atoms with Crippen LogP contribution in [0.5, 0.6) is 0 Å². The first-order valence-corrected chi connectivity index (χ1v) is 7.85. The first kappa shape index (κ1) is 14.6. The van der Waals surface area contributed by atoms with Crippen LogP contribution in [0.4, 0.5) is 4.79 Å². The average molecular weight is 268 g/mol. The number of carbonyl (C=O) groups is 1. The summed E-state index contributed by atoms with van der Waals surface area (Å²) in [6, 6.07) is 0.476. The van der Waals surface area contributed by atoms with E-state index in [9.17, 15) is 4.79 Å². The molecular formula is C15H28N2O2. The van der Waals surface area contributed by atoms with Gasteiger partial charge in [0.05, 0.1) is 0 Å². The number of rotatable bonds is 2. The Kier molecular flexibility index (Phi) is 5.49. The van der Waals surface area contributed by atoms with Crippen LogP contribution in [0.3, 0.4) is 0 Å². The largest absolute Gasteiger partial charge is 0.396 e. The third kappa shape index (κ3) is 4.37. The van der Waals surface area contributed by atoms with E-state index >= 15 is 0 Å². The molecule has 0 aromatic heterocycles. The van der Waals surface area contributed by atoms with Gasteiger partial charge in [-0.3, -0.25) is 0 Å². The molecule has 2 N–H and O–H groups in total. The molecule has 2 aliphatic rings. The van der Waals surface area contributed by atoms with Crippen LogP contribution in [0.25, 0.3) is 0 Å². The van der Waals surface area contributed by atoms with E-state index in [0.29, 0.717) is 12.0 Å². The molecule has 4 heteroatoms. The van der Waals surface area contributed by atoms with Gasteiger partial charge < -0.3 is 15.3 Å². The molecule has 0 bridgehead atoms. The number of piperidine rings is 1. The van der Waals surface area contributed by atoms with E-state index in [-0.39, 0.29) is 12.6 Å². The van der Waals surface area contributed by atoms with E-state index < -0.39 is 0 Å². The fourth-order valence-corrected chi connectivity index (χ4v) is 3.22. The highest BCUT2D eigenvalue weighted by molar-refractivity contribution is 5.74. The summed E-state index contributed by atoms with van der Waals surface area (Å²) in [5.74, 6) is 1.20. The third-order valence-corrected chi connectivity index (χ3v) is 4.74. The van der Waals surface area contributed by atoms with Crippen molar-refractivity contribution in [3.63, 3.8) is 0 Å². The van der Waals surface area contributed by atoms with Crippen molar-refractivity contribution in [2.45, 2.75) is 57.9 Å². The van der Waals surface area contributed by atoms with Crippen LogP contribution >= 0.6 is 0 Å². The number of amides is 2. The second-order valence-electron chi connectivity index (χ2n) is 6.37. The van der Waals surface area contributed by atoms with Crippen molar-refractivity contribution in [1.29, 1.82) is 0 Å². The molecule has 110 valence electrons. The second-order valence-corrected chi connectivity index (χ2v) is 6.37. The molecule has 1 saturated heterocycles. The lowest BCUT2D eigenvalue weighted by Crippen LogP contribution is -2.48. The molecule has 2 rings (SSSR count). The van der Waals surface area contributed by atoms with Crippen molar-refractivity contribution in [2.24, 2.45) is 11.8 Å². The Balaban J connectivity index is 1.74. The lowest BCUT2D eigenvalue weighted by Gasteiger charge is -2.32. The van der Waals surface area contributed by atoms with Crippen molar-refractivity contribution in [2.75, 3.05) is 19.7 Å². The van der Waals surface area contributed by atoms with Crippen molar-refractivity contribution < 1.29 is 9.90 Å². The van der Waals surface area contributed by atoms with Gasteiger partial charge in [0.25, 0.3) is 0 Å². The Morgan fingerprint density at radius 1 is 1.16 bits per heavy atom. The van der Waals surface area contributed by atoms with Gasteiger partial charge in [0.15, 0.2) is 0 Å². The van der Waals surface area contributed by atoms with Crippen LogP contribution < -0.4 is 5.32 Å². The van der Waals surface area contributed by atoms with E-state index in [2.05, 4.69) is 12.2 Å². The zero-order chi connectivity index (χ0) is 13.7. The Bertz CT molecular complexity index is 288. The first-order chi connectivity index (χ1) is 9.19. The van der Waals surface area contributed by atoms with Gasteiger partial charge in [-0.25, -0.2) is 4.79 Å². The summed E-state index contributed by atoms with van der Waals surface area (Å²) in [4.78, 5) is 14.1. The van der Waals surface area contributed by atoms with Crippen LogP contribution in [-0.2, 0) is 0 Å². The molecule has 1 heterocycles. The second kappa shape index (κ2) is 7.13. The molecule has 1 aliphatic heterocycles. The molecule has 19 heavy (non-hydrogen) atoms. The molecule has 1 saturated carbocycles. The standard InChI is InChI=1S/C15H28N2O2/c1-12-3-2-4-14(6-5-12)16-15(19)17-9-7-13(11-18)8-10-17/h12-14,18H,2-11H2,1H3,(H,16,19)/t12-,14-/m0/s1. The number of carbonyl (C=O) groups excluding carboxylic acids is 1. The van der Waals surface area contributed by atoms with E-state index in [1.54, 1.807) is 0 Å². The van der Waals surface area contributed by atoms with Crippen molar-refractivity contribution >= 4 is 6.03 Å². The van der Waals surface area contributed by atoms with Gasteiger partial charge in [0, 0.05) is 25.7 Å². The zero-order valence-electron chi connectivity index (χ0n) is 12.1. The first-order valence-electron chi connectivity index (χ1n) is 7.85. The SMILES string of the molecule is C[C@H]1CCC[C@H](NC(=O)N2CCC(CO)CC2)CC1. The summed E-state index contributed by atoms with van der Waals surface area (Å²) in [5.41, 5.74) is 0. The summed E-state index contributed by atoms with van der Waals surface area (Å²) in [5, 5.41) is 12.3. The van der Waals surface area contributed by atoms with E-state index in [1.807, 2.05) is 4.90 Å². The number of likely N-dealkylation sites (tertiary alicyclic amines) is 1. The maximum atomic E-state index is 12.2. The summed E-state index contributed by atoms with van der Waals surface area (Å²) < 4.78 is 0. The molecule has 0 spiro atoms. The number of aliphatic hydroxyl groups excluding tert-OH is 1. The Morgan fingerprint density at radius 3 is 2.58 bits per heavy atom. The minimum atomic E-state index is 0.107. The fraction of sp³-hybridized carbons (Fsp3) is 0.933. The molecule has 0 aromatic rings. The molecule has 4 nitrogen and oxygen atoms in total. The monoisotopic (exact) mass is 268 g/mol. The molecule has 1 aliphatic carbocycles. The van der Waals surface area contributed by atoms with E-state index in [4.69, 9.17) is 5.11 Å². The summed E-state index contributed by atoms with van der Waals surface area (Å²) in [6.45, 7) is 4.15. The van der Waals surface area contributed by atoms with Gasteiger partial charge in [0.1, 0.15) is 0 Å². The number of nitrogens with one attached hydrogen (secondary N) is 1. The van der Waals surface area contributed by atoms with Gasteiger partial charge in [-0.1, -0.05) is 19.8 Å². The topological polar surface area (TPSA) is 52.6 Å². The van der Waals surface area contributed by atoms with Gasteiger partial charge in [-0.05, 0) is 43.9 Å². The normalized spacial score (nSPS) is 29.9. The number of hydrogen-bond donors (Lipinski definition) is 2. The molecule has 2 atom stereocenters. The number of nitrogens with zero attached hydrogens (tertiary/aromatic N) is 1. The van der Waals surface area contributed by atoms with Crippen molar-refractivity contribution in [3.05, 3.63) is 0 Å². The zero-order valence-corrected chi connectivity index (χ0v) is 12.1. The van der Waals surface area contributed by atoms with Gasteiger partial charge in [0.2, 0.25) is 0 Å². The maximum Gasteiger partial charge on any atom is 0.317 e. The van der Waals surface area contributed by atoms with Crippen LogP contribution in [0.1, 0.15) is 51.9 Å². The highest BCUT2D eigenvalue weighted by Crippen LogP contribution is 2.23. The van der Waals surface area contributed by atoms with E-state index in [1.165, 1.54) is 19.3 Å². The third-order valence-electron chi connectivity index (χ3n) is 4.74. The number of urea groups is 1. The van der Waals surface area contributed by atoms with Crippen molar-refractivity contribution in [3.8, 4) is 0 Å². The fourth-order valence-electron chi connectivity index (χ4n) is 3.22. The van der Waals surface area contributed by atoms with Gasteiger partial charge in [-0.2, -0.15) is 0 Å². The quantitative estimate of drug-likeness (QED) is 0.755. The summed E-state index contributed by atoms with van der Waals surface area (Å²) in [7, 11) is 0. The number of aliphatic hydroxyl groups is 1. The maximum absolute atomic E-state index is 12.2. The van der Waals surface area contributed by atoms with Crippen LogP contribution in [0.15, 0.2) is 0 Å². The molecule has 0 aromatic carbocycles. The lowest BCUT2D eigenvalue weighted by atomic mass is 9.98. The molecule has 0 radical (unpaired) electrons. The summed E-state index contributed by atoms with van der Waals surface area (Å²) >= 11 is 0. The molecular weight excluding hydrogens is 240 g/mol. The minimum absolute atomic E-state index is 0.107. The van der Waals surface area contributed by atoms with Gasteiger partial charge >= 0.3 is 6.03 Å². The Hall–Kier alpha value is -0.770. The molecule has 2 fully saturated rings. The lowest BCUT2D eigenvalue weighted by molar-refractivity contribution is 0.135.